The summed E-state index contributed by atoms with van der Waals surface area (Å²) in [6.45, 7) is 7.50. The molecule has 3 heteroatoms. The van der Waals surface area contributed by atoms with E-state index in [2.05, 4.69) is 29.0 Å². The Morgan fingerprint density at radius 2 is 1.71 bits per heavy atom. The molecule has 0 amide bonds. The molecule has 3 saturated heterocycles. The topological polar surface area (TPSA) is 18.5 Å². The molecule has 4 rings (SSSR count). The van der Waals surface area contributed by atoms with E-state index in [1.807, 2.05) is 0 Å². The molecular formula is C18H33N3. The second kappa shape index (κ2) is 5.82. The molecule has 2 bridgehead atoms. The number of piperidine rings is 1. The molecule has 1 N–H and O–H groups in total. The van der Waals surface area contributed by atoms with Crippen LogP contribution < -0.4 is 5.32 Å². The second-order valence-electron chi connectivity index (χ2n) is 8.17. The maximum atomic E-state index is 3.82. The van der Waals surface area contributed by atoms with Crippen molar-refractivity contribution in [3.63, 3.8) is 0 Å². The first-order valence-corrected chi connectivity index (χ1v) is 9.52. The zero-order valence-corrected chi connectivity index (χ0v) is 13.9. The number of rotatable bonds is 5. The third-order valence-corrected chi connectivity index (χ3v) is 6.48. The van der Waals surface area contributed by atoms with Crippen LogP contribution in [0.2, 0.25) is 0 Å². The number of hydrogen-bond acceptors (Lipinski definition) is 3. The fourth-order valence-corrected chi connectivity index (χ4v) is 5.40. The first-order valence-electron chi connectivity index (χ1n) is 9.52. The van der Waals surface area contributed by atoms with Crippen LogP contribution in [0.4, 0.5) is 0 Å². The van der Waals surface area contributed by atoms with Gasteiger partial charge in [-0.3, -0.25) is 9.80 Å². The Morgan fingerprint density at radius 3 is 2.33 bits per heavy atom. The molecule has 4 aliphatic rings. The van der Waals surface area contributed by atoms with E-state index in [1.54, 1.807) is 0 Å². The van der Waals surface area contributed by atoms with Gasteiger partial charge in [0.05, 0.1) is 0 Å². The Morgan fingerprint density at radius 1 is 1.00 bits per heavy atom. The highest BCUT2D eigenvalue weighted by Crippen LogP contribution is 2.37. The lowest BCUT2D eigenvalue weighted by Crippen LogP contribution is -2.52. The highest BCUT2D eigenvalue weighted by molar-refractivity contribution is 5.01. The highest BCUT2D eigenvalue weighted by Gasteiger charge is 2.43. The minimum absolute atomic E-state index is 0.820. The molecule has 3 heterocycles. The molecule has 0 aromatic rings. The summed E-state index contributed by atoms with van der Waals surface area (Å²) in [6.07, 6.45) is 11.3. The average Bonchev–Trinajstić information content (AvgIpc) is 3.17. The molecule has 1 aliphatic carbocycles. The Balaban J connectivity index is 1.44. The van der Waals surface area contributed by atoms with Crippen molar-refractivity contribution in [1.82, 2.24) is 15.1 Å². The largest absolute Gasteiger partial charge is 0.311 e. The molecule has 1 saturated carbocycles. The molecule has 21 heavy (non-hydrogen) atoms. The van der Waals surface area contributed by atoms with E-state index in [9.17, 15) is 0 Å². The lowest BCUT2D eigenvalue weighted by Gasteiger charge is -2.41. The molecule has 4 fully saturated rings. The molecule has 0 spiro atoms. The van der Waals surface area contributed by atoms with Gasteiger partial charge in [-0.25, -0.2) is 0 Å². The summed E-state index contributed by atoms with van der Waals surface area (Å²) in [4.78, 5) is 5.76. The predicted molar refractivity (Wildman–Crippen MR) is 87.6 cm³/mol. The zero-order valence-electron chi connectivity index (χ0n) is 13.9. The average molecular weight is 291 g/mol. The van der Waals surface area contributed by atoms with Gasteiger partial charge in [-0.2, -0.15) is 0 Å². The quantitative estimate of drug-likeness (QED) is 0.840. The lowest BCUT2D eigenvalue weighted by molar-refractivity contribution is 0.0948. The maximum Gasteiger partial charge on any atom is 0.0241 e. The summed E-state index contributed by atoms with van der Waals surface area (Å²) in [6, 6.07) is 5.11. The van der Waals surface area contributed by atoms with Crippen LogP contribution in [0.3, 0.4) is 0 Å². The molecule has 120 valence electrons. The van der Waals surface area contributed by atoms with Gasteiger partial charge in [0.25, 0.3) is 0 Å². The van der Waals surface area contributed by atoms with Crippen molar-refractivity contribution in [2.45, 2.75) is 101 Å². The Labute approximate surface area is 130 Å². The maximum absolute atomic E-state index is 3.82. The van der Waals surface area contributed by atoms with Crippen molar-refractivity contribution in [2.75, 3.05) is 13.1 Å². The minimum Gasteiger partial charge on any atom is -0.311 e. The van der Waals surface area contributed by atoms with E-state index in [4.69, 9.17) is 0 Å². The van der Waals surface area contributed by atoms with E-state index in [-0.39, 0.29) is 0 Å². The molecule has 0 radical (unpaired) electrons. The number of hydrogen-bond donors (Lipinski definition) is 1. The fourth-order valence-electron chi connectivity index (χ4n) is 5.40. The van der Waals surface area contributed by atoms with Crippen LogP contribution in [-0.4, -0.2) is 59.1 Å². The summed E-state index contributed by atoms with van der Waals surface area (Å²) in [5.74, 6) is 0. The summed E-state index contributed by atoms with van der Waals surface area (Å²) < 4.78 is 0. The van der Waals surface area contributed by atoms with E-state index in [0.717, 1.165) is 36.3 Å². The van der Waals surface area contributed by atoms with Gasteiger partial charge in [-0.05, 0) is 64.8 Å². The van der Waals surface area contributed by atoms with Gasteiger partial charge < -0.3 is 5.32 Å². The smallest absolute Gasteiger partial charge is 0.0241 e. The predicted octanol–water partition coefficient (Wildman–Crippen LogP) is 2.61. The van der Waals surface area contributed by atoms with E-state index in [0.29, 0.717) is 0 Å². The molecule has 0 aromatic carbocycles. The highest BCUT2D eigenvalue weighted by atomic mass is 15.3. The summed E-state index contributed by atoms with van der Waals surface area (Å²) in [7, 11) is 0. The minimum atomic E-state index is 0.820. The van der Waals surface area contributed by atoms with Gasteiger partial charge in [0.15, 0.2) is 0 Å². The van der Waals surface area contributed by atoms with E-state index in [1.165, 1.54) is 64.5 Å². The SMILES string of the molecule is CCCN(C1CC2CCC(C1)N2)C1CC(C)N(C2CC2)C1. The second-order valence-corrected chi connectivity index (χ2v) is 8.17. The van der Waals surface area contributed by atoms with Crippen molar-refractivity contribution >= 4 is 0 Å². The first-order chi connectivity index (χ1) is 10.2. The van der Waals surface area contributed by atoms with Crippen LogP contribution in [0.25, 0.3) is 0 Å². The van der Waals surface area contributed by atoms with Gasteiger partial charge >= 0.3 is 0 Å². The van der Waals surface area contributed by atoms with Crippen LogP contribution in [0.1, 0.15) is 65.2 Å². The van der Waals surface area contributed by atoms with Gasteiger partial charge in [0.1, 0.15) is 0 Å². The van der Waals surface area contributed by atoms with Crippen molar-refractivity contribution in [2.24, 2.45) is 0 Å². The van der Waals surface area contributed by atoms with Crippen molar-refractivity contribution in [3.05, 3.63) is 0 Å². The Bertz CT molecular complexity index is 355. The van der Waals surface area contributed by atoms with Crippen molar-refractivity contribution < 1.29 is 0 Å². The third kappa shape index (κ3) is 2.89. The van der Waals surface area contributed by atoms with Crippen LogP contribution in [0.5, 0.6) is 0 Å². The van der Waals surface area contributed by atoms with Crippen LogP contribution in [-0.2, 0) is 0 Å². The number of fused-ring (bicyclic) bond motifs is 2. The fraction of sp³-hybridized carbons (Fsp3) is 1.00. The zero-order chi connectivity index (χ0) is 14.4. The Hall–Kier alpha value is -0.120. The molecule has 3 aliphatic heterocycles. The summed E-state index contributed by atoms with van der Waals surface area (Å²) in [5.41, 5.74) is 0. The van der Waals surface area contributed by atoms with Gasteiger partial charge in [-0.15, -0.1) is 0 Å². The van der Waals surface area contributed by atoms with Gasteiger partial charge in [-0.1, -0.05) is 6.92 Å². The standard InChI is InChI=1S/C18H33N3/c1-3-8-20(17-10-14-4-5-15(11-17)19-14)18-9-13(2)21(12-18)16-6-7-16/h13-19H,3-12H2,1-2H3. The molecule has 4 atom stereocenters. The van der Waals surface area contributed by atoms with Crippen LogP contribution in [0, 0.1) is 0 Å². The number of nitrogens with one attached hydrogen (secondary N) is 1. The van der Waals surface area contributed by atoms with Crippen molar-refractivity contribution in [3.8, 4) is 0 Å². The first kappa shape index (κ1) is 14.5. The Kier molecular flexibility index (Phi) is 4.01. The summed E-state index contributed by atoms with van der Waals surface area (Å²) >= 11 is 0. The molecule has 0 aromatic heterocycles. The van der Waals surface area contributed by atoms with Crippen LogP contribution >= 0.6 is 0 Å². The number of likely N-dealkylation sites (tertiary alicyclic amines) is 1. The molecule has 4 unspecified atom stereocenters. The summed E-state index contributed by atoms with van der Waals surface area (Å²) in [5, 5.41) is 3.82. The lowest BCUT2D eigenvalue weighted by atomic mass is 9.95. The molecule has 3 nitrogen and oxygen atoms in total. The van der Waals surface area contributed by atoms with Crippen LogP contribution in [0.15, 0.2) is 0 Å². The number of nitrogens with zero attached hydrogens (tertiary/aromatic N) is 2. The molecular weight excluding hydrogens is 258 g/mol. The van der Waals surface area contributed by atoms with Gasteiger partial charge in [0.2, 0.25) is 0 Å². The normalized spacial score (nSPS) is 43.9. The van der Waals surface area contributed by atoms with Crippen molar-refractivity contribution in [1.29, 1.82) is 0 Å². The third-order valence-electron chi connectivity index (χ3n) is 6.48. The van der Waals surface area contributed by atoms with E-state index >= 15 is 0 Å². The van der Waals surface area contributed by atoms with Gasteiger partial charge in [0, 0.05) is 42.8 Å². The monoisotopic (exact) mass is 291 g/mol. The van der Waals surface area contributed by atoms with E-state index < -0.39 is 0 Å².